The molecular weight excluding hydrogens is 1400 g/mol. The molecule has 33 nitrogen and oxygen atoms in total. The molecule has 0 aliphatic carbocycles. The second kappa shape index (κ2) is 40.4. The Kier molecular flexibility index (Phi) is 32.4. The molecule has 1 aliphatic heterocycles. The molecule has 0 radical (unpaired) electrons. The van der Waals surface area contributed by atoms with Crippen molar-refractivity contribution in [2.24, 2.45) is 29.2 Å². The molecule has 0 unspecified atom stereocenters. The number of para-hydroxylation sites is 1. The molecule has 2 aromatic carbocycles. The van der Waals surface area contributed by atoms with Crippen LogP contribution in [0.5, 0.6) is 0 Å². The van der Waals surface area contributed by atoms with Crippen molar-refractivity contribution in [1.82, 2.24) is 88.0 Å². The molecule has 1 aliphatic rings. The number of nitrogens with two attached hydrogens (primary N) is 2. The van der Waals surface area contributed by atoms with Gasteiger partial charge in [0.1, 0.15) is 61.1 Å². The summed E-state index contributed by atoms with van der Waals surface area (Å²) in [6, 6.07) is 5.19. The smallest absolute Gasteiger partial charge is 0.445 e. The molecule has 9 atom stereocenters. The summed E-state index contributed by atoms with van der Waals surface area (Å²) in [5.74, 6) is -9.83. The maximum Gasteiger partial charge on any atom is 0.531 e. The number of halogens is 3. The van der Waals surface area contributed by atoms with Crippen LogP contribution in [0.3, 0.4) is 0 Å². The fourth-order valence-electron chi connectivity index (χ4n) is 12.5. The lowest BCUT2D eigenvalue weighted by atomic mass is 9.90. The number of quaternary nitrogens is 1. The van der Waals surface area contributed by atoms with Crippen molar-refractivity contribution >= 4 is 88.8 Å². The predicted molar refractivity (Wildman–Crippen MR) is 388 cm³/mol. The lowest BCUT2D eigenvalue weighted by molar-refractivity contribution is -0.895. The van der Waals surface area contributed by atoms with Gasteiger partial charge in [-0.05, 0) is 74.0 Å². The van der Waals surface area contributed by atoms with E-state index in [4.69, 9.17) is 11.5 Å². The average Bonchev–Trinajstić information content (AvgIpc) is 1.71. The number of imidazole rings is 1. The van der Waals surface area contributed by atoms with Crippen LogP contribution in [0.15, 0.2) is 79.5 Å². The summed E-state index contributed by atoms with van der Waals surface area (Å²) in [5.41, 5.74) is 13.7. The number of aromatic amines is 2. The molecule has 0 saturated carbocycles. The zero-order chi connectivity index (χ0) is 78.9. The molecule has 4 heterocycles. The van der Waals surface area contributed by atoms with Crippen LogP contribution in [0.2, 0.25) is 0 Å². The van der Waals surface area contributed by atoms with Gasteiger partial charge < -0.3 is 97.1 Å². The van der Waals surface area contributed by atoms with E-state index in [1.807, 2.05) is 32.6 Å². The Bertz CT molecular complexity index is 3830. The number of hydrogen-bond acceptors (Lipinski definition) is 17. The summed E-state index contributed by atoms with van der Waals surface area (Å²) in [5, 5.41) is 46.6. The highest BCUT2D eigenvalue weighted by Gasteiger charge is 2.37. The summed E-state index contributed by atoms with van der Waals surface area (Å²) in [6.45, 7) is 6.48. The Morgan fingerprint density at radius 1 is 0.654 bits per heavy atom. The number of aliphatic hydroxyl groups is 1. The van der Waals surface area contributed by atoms with E-state index in [1.54, 1.807) is 74.6 Å². The number of hydrogen-bond donors (Lipinski definition) is 15. The molecule has 6 rings (SSSR count). The minimum absolute atomic E-state index is 0.0112. The largest absolute Gasteiger partial charge is 0.531 e. The minimum Gasteiger partial charge on any atom is -0.445 e. The van der Waals surface area contributed by atoms with Crippen LogP contribution in [0.1, 0.15) is 116 Å². The van der Waals surface area contributed by atoms with Gasteiger partial charge in [0.05, 0.1) is 64.7 Å². The number of likely N-dealkylation sites (tertiary alicyclic amines) is 1. The number of nitrogens with zero attached hydrogens (tertiary/aromatic N) is 6. The van der Waals surface area contributed by atoms with E-state index < -0.39 is 169 Å². The average molecular weight is 1500 g/mol. The molecule has 0 spiro atoms. The number of primary amides is 2. The van der Waals surface area contributed by atoms with Gasteiger partial charge in [0.2, 0.25) is 70.9 Å². The summed E-state index contributed by atoms with van der Waals surface area (Å²) in [6.07, 6.45) is 3.12. The quantitative estimate of drug-likeness (QED) is 0.0165. The van der Waals surface area contributed by atoms with Crippen LogP contribution in [0.4, 0.5) is 12.9 Å². The van der Waals surface area contributed by atoms with Crippen LogP contribution in [0, 0.1) is 17.8 Å². The SMILES string of the molecule is CC(C)C[C@H](NC(=O)C[C@H](O)[C@H](CC(C)C)NC(=O)[C@H](Cc1cnc[nH]1)NC(=O)CNC(=O)[C@@H](NC(=O)[C@H](C)NC(=O)[C@H](Cc1c[nH]c2ccccc12)NC(=O)[C@H](CCC(N)=O)NC(=O)[C@@H](Cc1ccccc1)NC(=O)CN1CCC(NC(=O)Cn2cc(C[N+](C)(C)C[B-](F)(F)F)nn2)CC1)C(C)C)C(N)=O. The molecule has 17 N–H and O–H groups in total. The van der Waals surface area contributed by atoms with Crippen molar-refractivity contribution in [1.29, 1.82) is 0 Å². The number of piperidine rings is 1. The van der Waals surface area contributed by atoms with Gasteiger partial charge in [-0.2, -0.15) is 0 Å². The maximum absolute atomic E-state index is 14.7. The molecule has 12 amide bonds. The van der Waals surface area contributed by atoms with E-state index in [9.17, 15) is 75.6 Å². The first-order chi connectivity index (χ1) is 50.4. The minimum atomic E-state index is -5.05. The van der Waals surface area contributed by atoms with Crippen molar-refractivity contribution in [3.63, 3.8) is 0 Å². The molecule has 107 heavy (non-hydrogen) atoms. The van der Waals surface area contributed by atoms with Gasteiger partial charge in [-0.1, -0.05) is 95.3 Å². The van der Waals surface area contributed by atoms with Gasteiger partial charge in [-0.3, -0.25) is 62.4 Å². The van der Waals surface area contributed by atoms with E-state index in [0.717, 1.165) is 0 Å². The number of aromatic nitrogens is 6. The van der Waals surface area contributed by atoms with Crippen molar-refractivity contribution in [2.75, 3.05) is 46.7 Å². The molecule has 5 aromatic rings. The molecule has 586 valence electrons. The number of carbonyl (C=O) groups is 12. The van der Waals surface area contributed by atoms with Crippen molar-refractivity contribution in [3.8, 4) is 0 Å². The molecule has 0 bridgehead atoms. The number of fused-ring (bicyclic) bond motifs is 1. The van der Waals surface area contributed by atoms with Crippen LogP contribution < -0.4 is 64.6 Å². The normalized spacial score (nSPS) is 15.5. The fourth-order valence-corrected chi connectivity index (χ4v) is 12.5. The van der Waals surface area contributed by atoms with Crippen molar-refractivity contribution < 1.29 is 80.1 Å². The molecule has 37 heteroatoms. The van der Waals surface area contributed by atoms with E-state index in [0.29, 0.717) is 59.3 Å². The maximum atomic E-state index is 14.7. The number of rotatable bonds is 43. The Hall–Kier alpha value is -10.3. The van der Waals surface area contributed by atoms with Gasteiger partial charge in [0.15, 0.2) is 0 Å². The third kappa shape index (κ3) is 29.5. The topological polar surface area (TPSA) is 476 Å². The first-order valence-corrected chi connectivity index (χ1v) is 35.8. The summed E-state index contributed by atoms with van der Waals surface area (Å²) >= 11 is 0. The first kappa shape index (κ1) is 85.6. The Balaban J connectivity index is 1.09. The summed E-state index contributed by atoms with van der Waals surface area (Å²) in [7, 11) is 2.86. The monoisotopic (exact) mass is 1500 g/mol. The highest BCUT2D eigenvalue weighted by atomic mass is 19.4. The Morgan fingerprint density at radius 2 is 1.26 bits per heavy atom. The number of benzene rings is 2. The van der Waals surface area contributed by atoms with Crippen LogP contribution in [-0.2, 0) is 89.9 Å². The molecule has 1 saturated heterocycles. The predicted octanol–water partition coefficient (Wildman–Crippen LogP) is -0.981. The van der Waals surface area contributed by atoms with Crippen LogP contribution in [-0.4, -0.2) is 229 Å². The number of H-pyrrole nitrogens is 2. The zero-order valence-corrected chi connectivity index (χ0v) is 61.9. The molecule has 3 aromatic heterocycles. The van der Waals surface area contributed by atoms with E-state index >= 15 is 0 Å². The number of carbonyl (C=O) groups excluding carboxylic acids is 12. The third-order valence-electron chi connectivity index (χ3n) is 17.8. The number of amides is 12. The van der Waals surface area contributed by atoms with Gasteiger partial charge in [0.25, 0.3) is 0 Å². The lowest BCUT2D eigenvalue weighted by Gasteiger charge is -2.33. The highest BCUT2D eigenvalue weighted by molar-refractivity contribution is 6.58. The summed E-state index contributed by atoms with van der Waals surface area (Å²) < 4.78 is 40.4. The fraction of sp³-hybridized carbons (Fsp3) is 0.557. The van der Waals surface area contributed by atoms with Crippen molar-refractivity contribution in [3.05, 3.63) is 102 Å². The first-order valence-electron chi connectivity index (χ1n) is 35.8. The van der Waals surface area contributed by atoms with E-state index in [-0.39, 0.29) is 76.0 Å². The van der Waals surface area contributed by atoms with Gasteiger partial charge in [0, 0.05) is 73.8 Å². The van der Waals surface area contributed by atoms with E-state index in [2.05, 4.69) is 78.4 Å². The van der Waals surface area contributed by atoms with Crippen LogP contribution in [0.25, 0.3) is 10.9 Å². The van der Waals surface area contributed by atoms with Gasteiger partial charge in [-0.15, -0.1) is 5.10 Å². The second-order valence-corrected chi connectivity index (χ2v) is 29.3. The standard InChI is InChI=1S/C70H104BF3N20O13/c1-40(2)25-52(57(95)30-59(97)83-53(64(76)101)26-41(3)4)87-69(106)56(29-47-32-77-39-80-47)84-60(98)33-79-70(107)63(42(5)6)89-65(102)43(7)81-67(104)55(28-45-31-78-50-18-14-13-17-49(45)50)88-66(103)51(19-20-58(75)96)86-68(105)54(27-44-15-11-10-12-16-44)85-61(99)35-92-23-21-46(22-24-92)82-62(100)36-93-34-48(90-91-93)37-94(8,9)38-71(72,73)74/h10-18,31-32,34,39-43,46,51-57,63,78,95H,19-30,33,35-38H2,1-9H3,(H2,75,96)(H2,76,101)(H,77,80)(H,79,107)(H,81,104)(H,82,100)(H,83,97)(H,84,98)(H,85,99)(H,86,105)(H,87,106)(H,88,103)(H,89,102)/t43-,51-,52-,53-,54+,55-,56-,57-,63-/m0/s1. The Morgan fingerprint density at radius 3 is 1.90 bits per heavy atom. The highest BCUT2D eigenvalue weighted by Crippen LogP contribution is 2.22. The van der Waals surface area contributed by atoms with Gasteiger partial charge in [-0.25, -0.2) is 9.67 Å². The third-order valence-corrected chi connectivity index (χ3v) is 17.8. The Labute approximate surface area is 618 Å². The zero-order valence-electron chi connectivity index (χ0n) is 61.9. The van der Waals surface area contributed by atoms with E-state index in [1.165, 1.54) is 44.4 Å². The molecular formula is C70H104BF3N20O13. The van der Waals surface area contributed by atoms with Crippen molar-refractivity contribution in [2.45, 2.75) is 186 Å². The number of nitrogens with one attached hydrogen (secondary N) is 12. The number of aliphatic hydroxyl groups excluding tert-OH is 1. The summed E-state index contributed by atoms with van der Waals surface area (Å²) in [4.78, 5) is 176. The lowest BCUT2D eigenvalue weighted by Crippen LogP contribution is -2.60. The second-order valence-electron chi connectivity index (χ2n) is 29.3. The van der Waals surface area contributed by atoms with Crippen LogP contribution >= 0.6 is 0 Å². The molecule has 1 fully saturated rings. The van der Waals surface area contributed by atoms with Gasteiger partial charge >= 0.3 is 6.98 Å².